The zero-order valence-electron chi connectivity index (χ0n) is 13.4. The average molecular weight is 309 g/mol. The minimum absolute atomic E-state index is 0.211. The molecule has 1 aromatic heterocycles. The number of likely N-dealkylation sites (tertiary alicyclic amines) is 1. The summed E-state index contributed by atoms with van der Waals surface area (Å²) in [5, 5.41) is 0. The number of allylic oxidation sites excluding steroid dienone is 2. The van der Waals surface area contributed by atoms with Gasteiger partial charge in [0.1, 0.15) is 5.82 Å². The van der Waals surface area contributed by atoms with Crippen LogP contribution in [0.1, 0.15) is 43.8 Å². The summed E-state index contributed by atoms with van der Waals surface area (Å²) in [6.07, 6.45) is 9.35. The Morgan fingerprint density at radius 2 is 1.96 bits per heavy atom. The Balaban J connectivity index is 1.40. The Morgan fingerprint density at radius 3 is 2.70 bits per heavy atom. The maximum atomic E-state index is 12.6. The van der Waals surface area contributed by atoms with Crippen molar-refractivity contribution in [3.05, 3.63) is 42.2 Å². The van der Waals surface area contributed by atoms with Crippen molar-refractivity contribution in [3.8, 4) is 0 Å². The summed E-state index contributed by atoms with van der Waals surface area (Å²) >= 11 is 0. The van der Waals surface area contributed by atoms with Crippen LogP contribution in [0, 0.1) is 5.92 Å². The molecular weight excluding hydrogens is 286 g/mol. The van der Waals surface area contributed by atoms with Crippen LogP contribution in [-0.4, -0.2) is 33.9 Å². The van der Waals surface area contributed by atoms with E-state index < -0.39 is 0 Å². The fraction of sp³-hybridized carbons (Fsp3) is 0.474. The summed E-state index contributed by atoms with van der Waals surface area (Å²) in [5.41, 5.74) is 2.14. The van der Waals surface area contributed by atoms with Crippen LogP contribution in [0.3, 0.4) is 0 Å². The molecule has 1 atom stereocenters. The van der Waals surface area contributed by atoms with E-state index in [-0.39, 0.29) is 5.92 Å². The molecule has 2 aromatic rings. The molecule has 1 amide bonds. The molecular formula is C19H23N3O. The van der Waals surface area contributed by atoms with Crippen LogP contribution in [0.25, 0.3) is 11.0 Å². The lowest BCUT2D eigenvalue weighted by Crippen LogP contribution is -2.41. The minimum Gasteiger partial charge on any atom is -0.342 e. The maximum Gasteiger partial charge on any atom is 0.226 e. The standard InChI is InChI=1S/C19H23N3O/c23-19(15-6-2-1-3-7-15)22-12-10-14(11-13-22)18-20-16-8-4-5-9-17(16)21-18/h1-2,4-5,8-9,14-15H,3,6-7,10-13H2,(H,20,21)/t15-/m1/s1. The zero-order valence-corrected chi connectivity index (χ0v) is 13.4. The highest BCUT2D eigenvalue weighted by atomic mass is 16.2. The summed E-state index contributed by atoms with van der Waals surface area (Å²) in [6.45, 7) is 1.72. The van der Waals surface area contributed by atoms with Crippen LogP contribution in [0.4, 0.5) is 0 Å². The number of imidazole rings is 1. The van der Waals surface area contributed by atoms with Gasteiger partial charge in [0.15, 0.2) is 0 Å². The van der Waals surface area contributed by atoms with Crippen LogP contribution in [-0.2, 0) is 4.79 Å². The quantitative estimate of drug-likeness (QED) is 0.861. The maximum absolute atomic E-state index is 12.6. The highest BCUT2D eigenvalue weighted by molar-refractivity contribution is 5.79. The summed E-state index contributed by atoms with van der Waals surface area (Å²) in [5.74, 6) is 2.09. The van der Waals surface area contributed by atoms with Crippen LogP contribution < -0.4 is 0 Å². The molecule has 0 spiro atoms. The highest BCUT2D eigenvalue weighted by Crippen LogP contribution is 2.29. The largest absolute Gasteiger partial charge is 0.342 e. The van der Waals surface area contributed by atoms with Crippen molar-refractivity contribution >= 4 is 16.9 Å². The third-order valence-corrected chi connectivity index (χ3v) is 5.22. The Bertz CT molecular complexity index is 692. The molecule has 0 saturated carbocycles. The fourth-order valence-corrected chi connectivity index (χ4v) is 3.82. The monoisotopic (exact) mass is 309 g/mol. The molecule has 120 valence electrons. The van der Waals surface area contributed by atoms with Crippen LogP contribution in [0.5, 0.6) is 0 Å². The molecule has 1 aromatic carbocycles. The molecule has 4 heteroatoms. The van der Waals surface area contributed by atoms with E-state index in [1.165, 1.54) is 0 Å². The Labute approximate surface area is 136 Å². The fourth-order valence-electron chi connectivity index (χ4n) is 3.82. The second-order valence-corrected chi connectivity index (χ2v) is 6.72. The Morgan fingerprint density at radius 1 is 1.13 bits per heavy atom. The van der Waals surface area contributed by atoms with Gasteiger partial charge in [-0.25, -0.2) is 4.98 Å². The molecule has 4 nitrogen and oxygen atoms in total. The average Bonchev–Trinajstić information content (AvgIpc) is 3.06. The molecule has 0 unspecified atom stereocenters. The van der Waals surface area contributed by atoms with Crippen molar-refractivity contribution in [1.82, 2.24) is 14.9 Å². The third-order valence-electron chi connectivity index (χ3n) is 5.22. The lowest BCUT2D eigenvalue weighted by atomic mass is 9.90. The molecule has 0 radical (unpaired) electrons. The molecule has 2 heterocycles. The topological polar surface area (TPSA) is 49.0 Å². The van der Waals surface area contributed by atoms with E-state index in [2.05, 4.69) is 28.1 Å². The van der Waals surface area contributed by atoms with Gasteiger partial charge in [-0.3, -0.25) is 4.79 Å². The van der Waals surface area contributed by atoms with E-state index in [9.17, 15) is 4.79 Å². The summed E-state index contributed by atoms with van der Waals surface area (Å²) < 4.78 is 0. The van der Waals surface area contributed by atoms with Gasteiger partial charge in [0.2, 0.25) is 5.91 Å². The van der Waals surface area contributed by atoms with E-state index in [0.29, 0.717) is 11.8 Å². The van der Waals surface area contributed by atoms with Crippen molar-refractivity contribution in [1.29, 1.82) is 0 Å². The molecule has 0 bridgehead atoms. The first-order valence-electron chi connectivity index (χ1n) is 8.69. The van der Waals surface area contributed by atoms with E-state index >= 15 is 0 Å². The number of benzene rings is 1. The molecule has 1 fully saturated rings. The number of amides is 1. The van der Waals surface area contributed by atoms with Crippen molar-refractivity contribution < 1.29 is 4.79 Å². The van der Waals surface area contributed by atoms with Gasteiger partial charge in [-0.05, 0) is 44.2 Å². The second-order valence-electron chi connectivity index (χ2n) is 6.72. The summed E-state index contributed by atoms with van der Waals surface area (Å²) in [6, 6.07) is 8.17. The van der Waals surface area contributed by atoms with E-state index in [4.69, 9.17) is 4.98 Å². The molecule has 1 aliphatic carbocycles. The lowest BCUT2D eigenvalue weighted by Gasteiger charge is -2.34. The van der Waals surface area contributed by atoms with E-state index in [0.717, 1.165) is 62.1 Å². The van der Waals surface area contributed by atoms with Gasteiger partial charge in [0.05, 0.1) is 11.0 Å². The third kappa shape index (κ3) is 2.90. The number of rotatable bonds is 2. The molecule has 1 N–H and O–H groups in total. The lowest BCUT2D eigenvalue weighted by molar-refractivity contribution is -0.136. The zero-order chi connectivity index (χ0) is 15.6. The number of aromatic amines is 1. The van der Waals surface area contributed by atoms with Crippen LogP contribution >= 0.6 is 0 Å². The summed E-state index contributed by atoms with van der Waals surface area (Å²) in [7, 11) is 0. The molecule has 1 aliphatic heterocycles. The number of carbonyl (C=O) groups is 1. The number of para-hydroxylation sites is 2. The predicted molar refractivity (Wildman–Crippen MR) is 91.1 cm³/mol. The first-order chi connectivity index (χ1) is 11.3. The SMILES string of the molecule is O=C([C@@H]1CC=CCC1)N1CCC(c2nc3ccccc3[nH]2)CC1. The van der Waals surface area contributed by atoms with Gasteiger partial charge >= 0.3 is 0 Å². The van der Waals surface area contributed by atoms with Crippen molar-refractivity contribution in [2.45, 2.75) is 38.0 Å². The Kier molecular flexibility index (Phi) is 3.90. The molecule has 1 saturated heterocycles. The number of fused-ring (bicyclic) bond motifs is 1. The molecule has 4 rings (SSSR count). The van der Waals surface area contributed by atoms with Gasteiger partial charge in [0, 0.05) is 24.9 Å². The van der Waals surface area contributed by atoms with E-state index in [1.54, 1.807) is 0 Å². The number of hydrogen-bond acceptors (Lipinski definition) is 2. The number of H-pyrrole nitrogens is 1. The molecule has 23 heavy (non-hydrogen) atoms. The van der Waals surface area contributed by atoms with Gasteiger partial charge < -0.3 is 9.88 Å². The number of nitrogens with one attached hydrogen (secondary N) is 1. The number of aromatic nitrogens is 2. The first kappa shape index (κ1) is 14.5. The van der Waals surface area contributed by atoms with Crippen molar-refractivity contribution in [2.24, 2.45) is 5.92 Å². The smallest absolute Gasteiger partial charge is 0.226 e. The second kappa shape index (κ2) is 6.19. The molecule has 2 aliphatic rings. The van der Waals surface area contributed by atoms with Gasteiger partial charge in [-0.2, -0.15) is 0 Å². The normalized spacial score (nSPS) is 22.6. The van der Waals surface area contributed by atoms with Gasteiger partial charge in [0.25, 0.3) is 0 Å². The number of carbonyl (C=O) groups excluding carboxylic acids is 1. The van der Waals surface area contributed by atoms with Gasteiger partial charge in [-0.15, -0.1) is 0 Å². The summed E-state index contributed by atoms with van der Waals surface area (Å²) in [4.78, 5) is 22.9. The first-order valence-corrected chi connectivity index (χ1v) is 8.69. The number of hydrogen-bond donors (Lipinski definition) is 1. The highest BCUT2D eigenvalue weighted by Gasteiger charge is 2.29. The van der Waals surface area contributed by atoms with Crippen LogP contribution in [0.2, 0.25) is 0 Å². The van der Waals surface area contributed by atoms with Gasteiger partial charge in [-0.1, -0.05) is 24.3 Å². The number of piperidine rings is 1. The predicted octanol–water partition coefficient (Wildman–Crippen LogP) is 3.63. The van der Waals surface area contributed by atoms with E-state index in [1.807, 2.05) is 18.2 Å². The number of nitrogens with zero attached hydrogens (tertiary/aromatic N) is 2. The van der Waals surface area contributed by atoms with Crippen molar-refractivity contribution in [3.63, 3.8) is 0 Å². The van der Waals surface area contributed by atoms with Crippen LogP contribution in [0.15, 0.2) is 36.4 Å². The van der Waals surface area contributed by atoms with Crippen molar-refractivity contribution in [2.75, 3.05) is 13.1 Å². The Hall–Kier alpha value is -2.10. The minimum atomic E-state index is 0.211.